The molecule has 1 aromatic rings. The molecule has 0 atom stereocenters. The van der Waals surface area contributed by atoms with E-state index in [0.29, 0.717) is 29.9 Å². The molecule has 2 rings (SSSR count). The molecule has 7 heteroatoms. The van der Waals surface area contributed by atoms with Crippen molar-refractivity contribution in [1.29, 1.82) is 0 Å². The Balaban J connectivity index is 2.35. The van der Waals surface area contributed by atoms with Crippen molar-refractivity contribution in [3.05, 3.63) is 32.8 Å². The van der Waals surface area contributed by atoms with E-state index in [1.165, 1.54) is 6.07 Å². The summed E-state index contributed by atoms with van der Waals surface area (Å²) in [4.78, 5) is 12.8. The number of aliphatic hydroxyl groups is 1. The Kier molecular flexibility index (Phi) is 5.33. The first-order chi connectivity index (χ1) is 9.63. The quantitative estimate of drug-likeness (QED) is 0.655. The zero-order valence-corrected chi connectivity index (χ0v) is 12.6. The highest BCUT2D eigenvalue weighted by molar-refractivity contribution is 9.10. The molecule has 1 heterocycles. The van der Waals surface area contributed by atoms with Crippen LogP contribution in [-0.2, 0) is 4.74 Å². The second kappa shape index (κ2) is 7.01. The molecule has 0 spiro atoms. The third kappa shape index (κ3) is 3.47. The molecule has 110 valence electrons. The maximum absolute atomic E-state index is 11.2. The molecule has 1 aromatic carbocycles. The normalized spacial score (nSPS) is 16.1. The first-order valence-corrected chi connectivity index (χ1v) is 7.32. The fraction of sp³-hybridized carbons (Fsp3) is 0.538. The van der Waals surface area contributed by atoms with E-state index >= 15 is 0 Å². The highest BCUT2D eigenvalue weighted by Crippen LogP contribution is 2.33. The summed E-state index contributed by atoms with van der Waals surface area (Å²) in [5.41, 5.74) is 0.610. The molecule has 1 aliphatic rings. The van der Waals surface area contributed by atoms with Crippen LogP contribution in [0.5, 0.6) is 0 Å². The largest absolute Gasteiger partial charge is 0.395 e. The first-order valence-electron chi connectivity index (χ1n) is 6.52. The SMILES string of the molecule is O=[N+]([O-])c1cc(Br)ccc1N(CCO)C1CCOCC1. The van der Waals surface area contributed by atoms with E-state index in [9.17, 15) is 15.2 Å². The molecular formula is C13H17BrN2O4. The molecule has 0 unspecified atom stereocenters. The van der Waals surface area contributed by atoms with Crippen LogP contribution in [0.15, 0.2) is 22.7 Å². The second-order valence-electron chi connectivity index (χ2n) is 4.65. The lowest BCUT2D eigenvalue weighted by Gasteiger charge is -2.35. The van der Waals surface area contributed by atoms with Gasteiger partial charge < -0.3 is 14.7 Å². The lowest BCUT2D eigenvalue weighted by atomic mass is 10.1. The molecule has 0 saturated carbocycles. The van der Waals surface area contributed by atoms with Crippen LogP contribution < -0.4 is 4.90 Å². The Morgan fingerprint density at radius 3 is 2.75 bits per heavy atom. The Bertz CT molecular complexity index is 477. The van der Waals surface area contributed by atoms with E-state index in [1.807, 2.05) is 4.90 Å². The van der Waals surface area contributed by atoms with Gasteiger partial charge in [-0.1, -0.05) is 15.9 Å². The van der Waals surface area contributed by atoms with Gasteiger partial charge in [-0.2, -0.15) is 0 Å². The van der Waals surface area contributed by atoms with Crippen LogP contribution in [0, 0.1) is 10.1 Å². The number of nitro groups is 1. The topological polar surface area (TPSA) is 75.8 Å². The minimum atomic E-state index is -0.385. The van der Waals surface area contributed by atoms with Gasteiger partial charge in [0.25, 0.3) is 5.69 Å². The van der Waals surface area contributed by atoms with Crippen LogP contribution in [0.3, 0.4) is 0 Å². The van der Waals surface area contributed by atoms with Crippen molar-refractivity contribution in [3.63, 3.8) is 0 Å². The fourth-order valence-corrected chi connectivity index (χ4v) is 2.84. The monoisotopic (exact) mass is 344 g/mol. The number of nitrogens with zero attached hydrogens (tertiary/aromatic N) is 2. The van der Waals surface area contributed by atoms with Gasteiger partial charge in [0.15, 0.2) is 0 Å². The van der Waals surface area contributed by atoms with Gasteiger partial charge >= 0.3 is 0 Å². The average Bonchev–Trinajstić information content (AvgIpc) is 2.46. The van der Waals surface area contributed by atoms with Crippen LogP contribution in [0.2, 0.25) is 0 Å². The van der Waals surface area contributed by atoms with Crippen molar-refractivity contribution < 1.29 is 14.8 Å². The molecule has 1 N–H and O–H groups in total. The van der Waals surface area contributed by atoms with Gasteiger partial charge in [0.05, 0.1) is 11.5 Å². The molecule has 0 bridgehead atoms. The summed E-state index contributed by atoms with van der Waals surface area (Å²) in [6.45, 7) is 1.64. The summed E-state index contributed by atoms with van der Waals surface area (Å²) in [7, 11) is 0. The lowest BCUT2D eigenvalue weighted by molar-refractivity contribution is -0.384. The second-order valence-corrected chi connectivity index (χ2v) is 5.57. The van der Waals surface area contributed by atoms with Gasteiger partial charge in [0, 0.05) is 36.3 Å². The Morgan fingerprint density at radius 1 is 1.45 bits per heavy atom. The number of aliphatic hydroxyl groups excluding tert-OH is 1. The fourth-order valence-electron chi connectivity index (χ4n) is 2.49. The Hall–Kier alpha value is -1.18. The number of benzene rings is 1. The number of ether oxygens (including phenoxy) is 1. The van der Waals surface area contributed by atoms with Crippen molar-refractivity contribution in [2.45, 2.75) is 18.9 Å². The van der Waals surface area contributed by atoms with E-state index in [-0.39, 0.29) is 23.3 Å². The van der Waals surface area contributed by atoms with Gasteiger partial charge in [-0.25, -0.2) is 0 Å². The summed E-state index contributed by atoms with van der Waals surface area (Å²) in [5, 5.41) is 20.5. The lowest BCUT2D eigenvalue weighted by Crippen LogP contribution is -2.41. The van der Waals surface area contributed by atoms with Gasteiger partial charge in [0.2, 0.25) is 0 Å². The maximum atomic E-state index is 11.2. The van der Waals surface area contributed by atoms with Crippen LogP contribution in [0.4, 0.5) is 11.4 Å². The molecule has 1 saturated heterocycles. The van der Waals surface area contributed by atoms with Crippen LogP contribution in [0.25, 0.3) is 0 Å². The third-order valence-corrected chi connectivity index (χ3v) is 3.91. The predicted octanol–water partition coefficient (Wildman–Crippen LogP) is 2.33. The zero-order valence-electron chi connectivity index (χ0n) is 11.0. The highest BCUT2D eigenvalue weighted by Gasteiger charge is 2.27. The zero-order chi connectivity index (χ0) is 14.5. The number of halogens is 1. The standard InChI is InChI=1S/C13H17BrN2O4/c14-10-1-2-12(13(9-10)16(18)19)15(5-6-17)11-3-7-20-8-4-11/h1-2,9,11,17H,3-8H2. The van der Waals surface area contributed by atoms with Gasteiger partial charge in [-0.15, -0.1) is 0 Å². The van der Waals surface area contributed by atoms with Crippen molar-refractivity contribution in [3.8, 4) is 0 Å². The van der Waals surface area contributed by atoms with E-state index in [1.54, 1.807) is 12.1 Å². The molecule has 1 aliphatic heterocycles. The molecule has 0 radical (unpaired) electrons. The summed E-state index contributed by atoms with van der Waals surface area (Å²) in [6.07, 6.45) is 1.63. The summed E-state index contributed by atoms with van der Waals surface area (Å²) >= 11 is 3.26. The van der Waals surface area contributed by atoms with Crippen molar-refractivity contribution >= 4 is 27.3 Å². The van der Waals surface area contributed by atoms with Crippen molar-refractivity contribution in [2.24, 2.45) is 0 Å². The Labute approximate surface area is 125 Å². The van der Waals surface area contributed by atoms with Gasteiger partial charge in [-0.3, -0.25) is 10.1 Å². The number of nitro benzene ring substituents is 1. The molecular weight excluding hydrogens is 328 g/mol. The third-order valence-electron chi connectivity index (χ3n) is 3.42. The summed E-state index contributed by atoms with van der Waals surface area (Å²) in [6, 6.07) is 5.18. The average molecular weight is 345 g/mol. The van der Waals surface area contributed by atoms with Gasteiger partial charge in [-0.05, 0) is 25.0 Å². The molecule has 1 fully saturated rings. The first kappa shape index (κ1) is 15.2. The summed E-state index contributed by atoms with van der Waals surface area (Å²) in [5.74, 6) is 0. The number of hydrogen-bond donors (Lipinski definition) is 1. The van der Waals surface area contributed by atoms with Gasteiger partial charge in [0.1, 0.15) is 5.69 Å². The molecule has 0 aromatic heterocycles. The van der Waals surface area contributed by atoms with Crippen LogP contribution in [-0.4, -0.2) is 42.4 Å². The molecule has 20 heavy (non-hydrogen) atoms. The predicted molar refractivity (Wildman–Crippen MR) is 79.1 cm³/mol. The smallest absolute Gasteiger partial charge is 0.293 e. The number of rotatable bonds is 5. The van der Waals surface area contributed by atoms with E-state index in [0.717, 1.165) is 12.8 Å². The molecule has 0 amide bonds. The Morgan fingerprint density at radius 2 is 2.15 bits per heavy atom. The molecule has 0 aliphatic carbocycles. The highest BCUT2D eigenvalue weighted by atomic mass is 79.9. The van der Waals surface area contributed by atoms with E-state index < -0.39 is 0 Å². The summed E-state index contributed by atoms with van der Waals surface area (Å²) < 4.78 is 6.00. The molecule has 6 nitrogen and oxygen atoms in total. The van der Waals surface area contributed by atoms with Crippen LogP contribution >= 0.6 is 15.9 Å². The van der Waals surface area contributed by atoms with Crippen LogP contribution in [0.1, 0.15) is 12.8 Å². The van der Waals surface area contributed by atoms with E-state index in [4.69, 9.17) is 4.74 Å². The van der Waals surface area contributed by atoms with E-state index in [2.05, 4.69) is 15.9 Å². The number of hydrogen-bond acceptors (Lipinski definition) is 5. The minimum absolute atomic E-state index is 0.0371. The minimum Gasteiger partial charge on any atom is -0.395 e. The maximum Gasteiger partial charge on any atom is 0.293 e. The van der Waals surface area contributed by atoms with Crippen molar-refractivity contribution in [1.82, 2.24) is 0 Å². The number of anilines is 1. The van der Waals surface area contributed by atoms with Crippen molar-refractivity contribution in [2.75, 3.05) is 31.3 Å².